The van der Waals surface area contributed by atoms with Crippen molar-refractivity contribution in [3.8, 4) is 0 Å². The molecule has 0 aliphatic carbocycles. The van der Waals surface area contributed by atoms with Gasteiger partial charge >= 0.3 is 0 Å². The molecule has 4 heteroatoms. The van der Waals surface area contributed by atoms with E-state index in [9.17, 15) is 4.39 Å². The number of pyridine rings is 1. The molecule has 0 radical (unpaired) electrons. The van der Waals surface area contributed by atoms with Gasteiger partial charge in [0, 0.05) is 11.8 Å². The standard InChI is InChI=1S/C13H15FN2O/c1-2-6-15-12(10-5-8-17-9-10)13-11(14)4-3-7-16-13/h3-5,7-9,12,15H,2,6H2,1H3. The summed E-state index contributed by atoms with van der Waals surface area (Å²) in [5, 5.41) is 3.27. The minimum Gasteiger partial charge on any atom is -0.472 e. The number of nitrogens with zero attached hydrogens (tertiary/aromatic N) is 1. The molecule has 0 aromatic carbocycles. The van der Waals surface area contributed by atoms with E-state index in [1.807, 2.05) is 6.07 Å². The van der Waals surface area contributed by atoms with Crippen LogP contribution in [0.25, 0.3) is 0 Å². The van der Waals surface area contributed by atoms with E-state index in [-0.39, 0.29) is 11.9 Å². The zero-order valence-electron chi connectivity index (χ0n) is 9.69. The smallest absolute Gasteiger partial charge is 0.146 e. The van der Waals surface area contributed by atoms with Gasteiger partial charge in [0.15, 0.2) is 0 Å². The van der Waals surface area contributed by atoms with Gasteiger partial charge < -0.3 is 9.73 Å². The molecule has 0 fully saturated rings. The molecule has 0 saturated heterocycles. The Labute approximate surface area is 99.7 Å². The molecular formula is C13H15FN2O. The third-order valence-corrected chi connectivity index (χ3v) is 2.54. The second-order valence-electron chi connectivity index (χ2n) is 3.81. The van der Waals surface area contributed by atoms with Gasteiger partial charge in [0.05, 0.1) is 24.3 Å². The highest BCUT2D eigenvalue weighted by atomic mass is 19.1. The van der Waals surface area contributed by atoms with Gasteiger partial charge in [-0.2, -0.15) is 0 Å². The molecule has 2 heterocycles. The molecule has 1 unspecified atom stereocenters. The monoisotopic (exact) mass is 234 g/mol. The Balaban J connectivity index is 2.30. The van der Waals surface area contributed by atoms with Crippen LogP contribution in [-0.2, 0) is 0 Å². The largest absolute Gasteiger partial charge is 0.472 e. The fourth-order valence-electron chi connectivity index (χ4n) is 1.71. The molecule has 0 aliphatic rings. The van der Waals surface area contributed by atoms with Crippen molar-refractivity contribution in [3.05, 3.63) is 54.0 Å². The lowest BCUT2D eigenvalue weighted by atomic mass is 10.1. The highest BCUT2D eigenvalue weighted by Crippen LogP contribution is 2.22. The number of hydrogen-bond acceptors (Lipinski definition) is 3. The van der Waals surface area contributed by atoms with Crippen LogP contribution in [0.2, 0.25) is 0 Å². The Hall–Kier alpha value is -1.68. The van der Waals surface area contributed by atoms with Crippen LogP contribution in [0, 0.1) is 5.82 Å². The van der Waals surface area contributed by atoms with Crippen LogP contribution >= 0.6 is 0 Å². The molecule has 0 bridgehead atoms. The van der Waals surface area contributed by atoms with Crippen LogP contribution in [0.4, 0.5) is 4.39 Å². The van der Waals surface area contributed by atoms with Crippen molar-refractivity contribution in [2.45, 2.75) is 19.4 Å². The lowest BCUT2D eigenvalue weighted by molar-refractivity contribution is 0.519. The fourth-order valence-corrected chi connectivity index (χ4v) is 1.71. The number of furan rings is 1. The molecule has 1 N–H and O–H groups in total. The first-order valence-electron chi connectivity index (χ1n) is 5.68. The van der Waals surface area contributed by atoms with Gasteiger partial charge in [0.1, 0.15) is 5.82 Å². The summed E-state index contributed by atoms with van der Waals surface area (Å²) in [5.74, 6) is -0.303. The Morgan fingerprint density at radius 1 is 1.47 bits per heavy atom. The summed E-state index contributed by atoms with van der Waals surface area (Å²) in [5.41, 5.74) is 1.29. The maximum absolute atomic E-state index is 13.7. The summed E-state index contributed by atoms with van der Waals surface area (Å²) in [4.78, 5) is 4.11. The molecule has 0 saturated carbocycles. The van der Waals surface area contributed by atoms with Crippen molar-refractivity contribution in [1.82, 2.24) is 10.3 Å². The molecule has 90 valence electrons. The summed E-state index contributed by atoms with van der Waals surface area (Å²) in [7, 11) is 0. The summed E-state index contributed by atoms with van der Waals surface area (Å²) in [6, 6.07) is 4.57. The van der Waals surface area contributed by atoms with Crippen molar-refractivity contribution in [3.63, 3.8) is 0 Å². The van der Waals surface area contributed by atoms with Gasteiger partial charge in [-0.1, -0.05) is 6.92 Å². The molecule has 2 aromatic rings. The first-order chi connectivity index (χ1) is 8.33. The lowest BCUT2D eigenvalue weighted by Crippen LogP contribution is -2.24. The van der Waals surface area contributed by atoms with Crippen molar-refractivity contribution in [1.29, 1.82) is 0 Å². The second kappa shape index (κ2) is 5.59. The second-order valence-corrected chi connectivity index (χ2v) is 3.81. The lowest BCUT2D eigenvalue weighted by Gasteiger charge is -2.16. The van der Waals surface area contributed by atoms with E-state index in [0.29, 0.717) is 5.69 Å². The molecule has 3 nitrogen and oxygen atoms in total. The minimum absolute atomic E-state index is 0.255. The van der Waals surface area contributed by atoms with E-state index in [2.05, 4.69) is 17.2 Å². The van der Waals surface area contributed by atoms with E-state index in [1.54, 1.807) is 24.8 Å². The van der Waals surface area contributed by atoms with Crippen LogP contribution in [-0.4, -0.2) is 11.5 Å². The molecule has 0 amide bonds. The molecule has 2 rings (SSSR count). The Kier molecular flexibility index (Phi) is 3.88. The van der Waals surface area contributed by atoms with Gasteiger partial charge in [-0.3, -0.25) is 4.98 Å². The molecular weight excluding hydrogens is 219 g/mol. The number of hydrogen-bond donors (Lipinski definition) is 1. The third-order valence-electron chi connectivity index (χ3n) is 2.54. The number of aromatic nitrogens is 1. The highest BCUT2D eigenvalue weighted by Gasteiger charge is 2.19. The van der Waals surface area contributed by atoms with Gasteiger partial charge in [0.2, 0.25) is 0 Å². The van der Waals surface area contributed by atoms with Crippen molar-refractivity contribution >= 4 is 0 Å². The van der Waals surface area contributed by atoms with Crippen molar-refractivity contribution < 1.29 is 8.81 Å². The number of halogens is 1. The van der Waals surface area contributed by atoms with E-state index in [1.165, 1.54) is 6.07 Å². The first kappa shape index (κ1) is 11.8. The van der Waals surface area contributed by atoms with Crippen molar-refractivity contribution in [2.75, 3.05) is 6.54 Å². The van der Waals surface area contributed by atoms with Crippen LogP contribution in [0.5, 0.6) is 0 Å². The maximum Gasteiger partial charge on any atom is 0.146 e. The predicted octanol–water partition coefficient (Wildman–Crippen LogP) is 2.90. The normalized spacial score (nSPS) is 12.6. The summed E-state index contributed by atoms with van der Waals surface area (Å²) >= 11 is 0. The predicted molar refractivity (Wildman–Crippen MR) is 63.0 cm³/mol. The number of rotatable bonds is 5. The summed E-state index contributed by atoms with van der Waals surface area (Å²) in [6.45, 7) is 2.86. The van der Waals surface area contributed by atoms with E-state index < -0.39 is 0 Å². The topological polar surface area (TPSA) is 38.1 Å². The van der Waals surface area contributed by atoms with Gasteiger partial charge in [-0.15, -0.1) is 0 Å². The van der Waals surface area contributed by atoms with Gasteiger partial charge in [-0.05, 0) is 31.2 Å². The number of nitrogens with one attached hydrogen (secondary N) is 1. The Morgan fingerprint density at radius 3 is 3.00 bits per heavy atom. The molecule has 0 aliphatic heterocycles. The first-order valence-corrected chi connectivity index (χ1v) is 5.68. The highest BCUT2D eigenvalue weighted by molar-refractivity contribution is 5.25. The fraction of sp³-hybridized carbons (Fsp3) is 0.308. The van der Waals surface area contributed by atoms with Crippen LogP contribution in [0.1, 0.15) is 30.6 Å². The Morgan fingerprint density at radius 2 is 2.35 bits per heavy atom. The molecule has 2 aromatic heterocycles. The summed E-state index contributed by atoms with van der Waals surface area (Å²) in [6.07, 6.45) is 5.76. The third kappa shape index (κ3) is 2.71. The van der Waals surface area contributed by atoms with Gasteiger partial charge in [0.25, 0.3) is 0 Å². The zero-order chi connectivity index (χ0) is 12.1. The Bertz CT molecular complexity index is 456. The maximum atomic E-state index is 13.7. The van der Waals surface area contributed by atoms with E-state index in [0.717, 1.165) is 18.5 Å². The summed E-state index contributed by atoms with van der Waals surface area (Å²) < 4.78 is 18.8. The van der Waals surface area contributed by atoms with E-state index >= 15 is 0 Å². The zero-order valence-corrected chi connectivity index (χ0v) is 9.69. The van der Waals surface area contributed by atoms with Crippen LogP contribution < -0.4 is 5.32 Å². The average molecular weight is 234 g/mol. The van der Waals surface area contributed by atoms with Gasteiger partial charge in [-0.25, -0.2) is 4.39 Å². The molecule has 17 heavy (non-hydrogen) atoms. The SMILES string of the molecule is CCCNC(c1ccoc1)c1ncccc1F. The minimum atomic E-state index is -0.303. The van der Waals surface area contributed by atoms with E-state index in [4.69, 9.17) is 4.42 Å². The van der Waals surface area contributed by atoms with Crippen LogP contribution in [0.15, 0.2) is 41.3 Å². The molecule has 0 spiro atoms. The van der Waals surface area contributed by atoms with Crippen molar-refractivity contribution in [2.24, 2.45) is 0 Å². The average Bonchev–Trinajstić information content (AvgIpc) is 2.85. The molecule has 1 atom stereocenters. The quantitative estimate of drug-likeness (QED) is 0.864. The van der Waals surface area contributed by atoms with Crippen LogP contribution in [0.3, 0.4) is 0 Å².